The Morgan fingerprint density at radius 2 is 1.63 bits per heavy atom. The molecule has 0 fully saturated rings. The number of ether oxygens (including phenoxy) is 2. The van der Waals surface area contributed by atoms with Crippen LogP contribution < -0.4 is 4.74 Å². The number of H-pyrrole nitrogens is 1. The molecule has 0 aliphatic carbocycles. The molecule has 11 heteroatoms. The molecule has 0 bridgehead atoms. The van der Waals surface area contributed by atoms with Crippen LogP contribution in [0.3, 0.4) is 0 Å². The third kappa shape index (κ3) is 5.45. The van der Waals surface area contributed by atoms with Crippen LogP contribution >= 0.6 is 0 Å². The summed E-state index contributed by atoms with van der Waals surface area (Å²) in [6, 6.07) is 20.3. The number of aryl methyl sites for hydroxylation is 1. The zero-order valence-electron chi connectivity index (χ0n) is 23.1. The molecule has 6 aromatic rings. The zero-order chi connectivity index (χ0) is 30.1. The van der Waals surface area contributed by atoms with E-state index >= 15 is 8.78 Å². The van der Waals surface area contributed by atoms with E-state index in [-0.39, 0.29) is 33.9 Å². The van der Waals surface area contributed by atoms with Crippen molar-refractivity contribution in [1.29, 1.82) is 0 Å². The highest BCUT2D eigenvalue weighted by Crippen LogP contribution is 2.34. The van der Waals surface area contributed by atoms with Crippen LogP contribution in [-0.4, -0.2) is 49.5 Å². The molecule has 0 saturated heterocycles. The van der Waals surface area contributed by atoms with Crippen LogP contribution in [-0.2, 0) is 11.3 Å². The Bertz CT molecular complexity index is 1950. The third-order valence-electron chi connectivity index (χ3n) is 7.07. The number of aromatic carboxylic acids is 1. The van der Waals surface area contributed by atoms with E-state index in [1.807, 2.05) is 24.3 Å². The predicted octanol–water partition coefficient (Wildman–Crippen LogP) is 6.88. The summed E-state index contributed by atoms with van der Waals surface area (Å²) in [6.45, 7) is 2.77. The summed E-state index contributed by atoms with van der Waals surface area (Å²) >= 11 is 0. The van der Waals surface area contributed by atoms with Crippen molar-refractivity contribution in [2.24, 2.45) is 0 Å². The third-order valence-corrected chi connectivity index (χ3v) is 7.07. The van der Waals surface area contributed by atoms with Crippen molar-refractivity contribution in [1.82, 2.24) is 24.7 Å². The van der Waals surface area contributed by atoms with Gasteiger partial charge in [0, 0.05) is 18.7 Å². The minimum Gasteiger partial charge on any atom is -0.478 e. The largest absolute Gasteiger partial charge is 0.478 e. The number of carbonyl (C=O) groups is 1. The van der Waals surface area contributed by atoms with E-state index in [0.29, 0.717) is 24.3 Å². The lowest BCUT2D eigenvalue weighted by Crippen LogP contribution is -2.07. The van der Waals surface area contributed by atoms with E-state index in [1.54, 1.807) is 55.1 Å². The van der Waals surface area contributed by atoms with Gasteiger partial charge in [-0.25, -0.2) is 23.2 Å². The van der Waals surface area contributed by atoms with Crippen LogP contribution in [0.25, 0.3) is 44.7 Å². The predicted molar refractivity (Wildman–Crippen MR) is 156 cm³/mol. The molecule has 0 aliphatic rings. The maximum atomic E-state index is 15.6. The van der Waals surface area contributed by atoms with Gasteiger partial charge in [0.1, 0.15) is 23.4 Å². The van der Waals surface area contributed by atoms with Crippen molar-refractivity contribution >= 4 is 17.0 Å². The van der Waals surface area contributed by atoms with E-state index in [0.717, 1.165) is 28.6 Å². The number of imidazole rings is 1. The SMILES string of the molecule is COCCn1ncnc1-c1ccc(-c2ccc(-c3c(F)cc4[nH]c(Oc5ccc(C)c(C(=O)O)c5)nc4c3F)cc2)cc1. The number of aromatic amines is 1. The number of hydrogen-bond donors (Lipinski definition) is 2. The molecule has 43 heavy (non-hydrogen) atoms. The van der Waals surface area contributed by atoms with Crippen LogP contribution in [0.2, 0.25) is 0 Å². The van der Waals surface area contributed by atoms with Gasteiger partial charge in [0.2, 0.25) is 0 Å². The van der Waals surface area contributed by atoms with Crippen LogP contribution in [0.1, 0.15) is 15.9 Å². The first-order valence-corrected chi connectivity index (χ1v) is 13.3. The summed E-state index contributed by atoms with van der Waals surface area (Å²) in [6.07, 6.45) is 1.50. The molecule has 2 heterocycles. The number of aromatic nitrogens is 5. The molecule has 2 N–H and O–H groups in total. The average Bonchev–Trinajstić information content (AvgIpc) is 3.64. The number of carboxylic acid groups (broad SMARTS) is 1. The van der Waals surface area contributed by atoms with Gasteiger partial charge in [0.25, 0.3) is 6.01 Å². The number of methoxy groups -OCH3 is 1. The Morgan fingerprint density at radius 3 is 2.30 bits per heavy atom. The van der Waals surface area contributed by atoms with Crippen molar-refractivity contribution in [3.63, 3.8) is 0 Å². The first-order valence-electron chi connectivity index (χ1n) is 13.3. The van der Waals surface area contributed by atoms with Gasteiger partial charge in [-0.05, 0) is 41.3 Å². The number of benzene rings is 4. The second kappa shape index (κ2) is 11.5. The van der Waals surface area contributed by atoms with E-state index in [2.05, 4.69) is 20.1 Å². The second-order valence-electron chi connectivity index (χ2n) is 9.82. The molecule has 0 atom stereocenters. The lowest BCUT2D eigenvalue weighted by molar-refractivity contribution is 0.0695. The van der Waals surface area contributed by atoms with Gasteiger partial charge in [-0.2, -0.15) is 10.1 Å². The quantitative estimate of drug-likeness (QED) is 0.191. The van der Waals surface area contributed by atoms with Crippen molar-refractivity contribution in [2.75, 3.05) is 13.7 Å². The van der Waals surface area contributed by atoms with Gasteiger partial charge in [0.05, 0.1) is 29.8 Å². The van der Waals surface area contributed by atoms with Gasteiger partial charge in [-0.3, -0.25) is 0 Å². The van der Waals surface area contributed by atoms with Gasteiger partial charge in [0.15, 0.2) is 11.6 Å². The van der Waals surface area contributed by atoms with E-state index < -0.39 is 17.6 Å². The number of halogens is 2. The Morgan fingerprint density at radius 1 is 0.953 bits per heavy atom. The maximum absolute atomic E-state index is 15.6. The summed E-state index contributed by atoms with van der Waals surface area (Å²) in [5.74, 6) is -1.78. The monoisotopic (exact) mass is 581 g/mol. The number of hydrogen-bond acceptors (Lipinski definition) is 6. The molecule has 0 spiro atoms. The van der Waals surface area contributed by atoms with Crippen LogP contribution in [0.15, 0.2) is 79.1 Å². The highest BCUT2D eigenvalue weighted by Gasteiger charge is 2.20. The van der Waals surface area contributed by atoms with Gasteiger partial charge >= 0.3 is 5.97 Å². The lowest BCUT2D eigenvalue weighted by Gasteiger charge is -2.09. The molecule has 6 rings (SSSR count). The Kier molecular flexibility index (Phi) is 7.39. The molecule has 216 valence electrons. The standard InChI is InChI=1S/C32H25F2N5O4/c1-18-3-12-23(15-24(18)31(40)41)43-32-37-26-16-25(33)27(28(34)29(26)38-32)21-8-4-19(5-9-21)20-6-10-22(11-7-20)30-35-17-36-39(30)13-14-42-2/h3-12,15-17H,13-14H2,1-2H3,(H,37,38)(H,40,41). The lowest BCUT2D eigenvalue weighted by atomic mass is 9.98. The fourth-order valence-electron chi connectivity index (χ4n) is 4.85. The topological polar surface area (TPSA) is 115 Å². The van der Waals surface area contributed by atoms with Gasteiger partial charge in [-0.15, -0.1) is 0 Å². The molecule has 4 aromatic carbocycles. The molecule has 0 amide bonds. The summed E-state index contributed by atoms with van der Waals surface area (Å²) < 4.78 is 43.4. The Labute approximate surface area is 244 Å². The Balaban J connectivity index is 1.25. The summed E-state index contributed by atoms with van der Waals surface area (Å²) in [4.78, 5) is 22.7. The summed E-state index contributed by atoms with van der Waals surface area (Å²) in [7, 11) is 1.63. The molecule has 0 aliphatic heterocycles. The van der Waals surface area contributed by atoms with Crippen LogP contribution in [0, 0.1) is 18.6 Å². The zero-order valence-corrected chi connectivity index (χ0v) is 23.1. The number of nitrogens with one attached hydrogen (secondary N) is 1. The molecule has 0 unspecified atom stereocenters. The highest BCUT2D eigenvalue weighted by atomic mass is 19.1. The first-order chi connectivity index (χ1) is 20.8. The van der Waals surface area contributed by atoms with Crippen LogP contribution in [0.5, 0.6) is 11.8 Å². The minimum absolute atomic E-state index is 0.0647. The van der Waals surface area contributed by atoms with Gasteiger partial charge in [-0.1, -0.05) is 54.6 Å². The molecule has 9 nitrogen and oxygen atoms in total. The van der Waals surface area contributed by atoms with Crippen molar-refractivity contribution in [3.05, 3.63) is 102 Å². The number of nitrogens with zero attached hydrogens (tertiary/aromatic N) is 4. The molecule has 0 radical (unpaired) electrons. The van der Waals surface area contributed by atoms with Crippen molar-refractivity contribution < 1.29 is 28.2 Å². The van der Waals surface area contributed by atoms with Crippen molar-refractivity contribution in [3.8, 4) is 45.4 Å². The normalized spacial score (nSPS) is 11.3. The fraction of sp³-hybridized carbons (Fsp3) is 0.125. The minimum atomic E-state index is -1.10. The average molecular weight is 582 g/mol. The highest BCUT2D eigenvalue weighted by molar-refractivity contribution is 5.90. The molecule has 0 saturated carbocycles. The van der Waals surface area contributed by atoms with E-state index in [9.17, 15) is 9.90 Å². The van der Waals surface area contributed by atoms with Gasteiger partial charge < -0.3 is 19.6 Å². The molecule has 2 aromatic heterocycles. The first kappa shape index (κ1) is 27.7. The summed E-state index contributed by atoms with van der Waals surface area (Å²) in [5, 5.41) is 13.6. The number of rotatable bonds is 9. The van der Waals surface area contributed by atoms with E-state index in [1.165, 1.54) is 12.4 Å². The second-order valence-corrected chi connectivity index (χ2v) is 9.82. The maximum Gasteiger partial charge on any atom is 0.336 e. The molecular weight excluding hydrogens is 556 g/mol. The Hall–Kier alpha value is -5.42. The molecular formula is C32H25F2N5O4. The number of fused-ring (bicyclic) bond motifs is 1. The van der Waals surface area contributed by atoms with Crippen molar-refractivity contribution in [2.45, 2.75) is 13.5 Å². The smallest absolute Gasteiger partial charge is 0.336 e. The van der Waals surface area contributed by atoms with E-state index in [4.69, 9.17) is 9.47 Å². The number of carboxylic acids is 1. The summed E-state index contributed by atoms with van der Waals surface area (Å²) in [5.41, 5.74) is 3.45. The fourth-order valence-corrected chi connectivity index (χ4v) is 4.85. The van der Waals surface area contributed by atoms with Crippen LogP contribution in [0.4, 0.5) is 8.78 Å².